The van der Waals surface area contributed by atoms with Crippen LogP contribution in [-0.2, 0) is 23.1 Å². The molecule has 220 valence electrons. The van der Waals surface area contributed by atoms with Gasteiger partial charge >= 0.3 is 19.1 Å². The smallest absolute Gasteiger partial charge is 0.352 e. The normalized spacial score (nSPS) is 27.1. The molecule has 2 aliphatic rings. The highest BCUT2D eigenvalue weighted by molar-refractivity contribution is 7.51. The van der Waals surface area contributed by atoms with Crippen molar-refractivity contribution in [2.24, 2.45) is 15.7 Å². The zero-order chi connectivity index (χ0) is 29.9. The third kappa shape index (κ3) is 6.84. The van der Waals surface area contributed by atoms with E-state index in [1.54, 1.807) is 0 Å². The van der Waals surface area contributed by atoms with Gasteiger partial charge in [-0.1, -0.05) is 10.2 Å². The predicted molar refractivity (Wildman–Crippen MR) is 139 cm³/mol. The highest BCUT2D eigenvalue weighted by Gasteiger charge is 2.40. The van der Waals surface area contributed by atoms with Crippen molar-refractivity contribution in [2.75, 3.05) is 13.2 Å². The largest absolute Gasteiger partial charge is 0.403 e. The molecule has 0 spiro atoms. The molecule has 4 rings (SSSR count). The van der Waals surface area contributed by atoms with E-state index in [1.165, 1.54) is 26.2 Å². The Morgan fingerprint density at radius 3 is 1.66 bits per heavy atom. The minimum Gasteiger partial charge on any atom is -0.352 e. The van der Waals surface area contributed by atoms with E-state index in [-0.39, 0.29) is 24.0 Å². The van der Waals surface area contributed by atoms with E-state index in [9.17, 15) is 23.7 Å². The first-order chi connectivity index (χ1) is 19.4. The molecule has 4 N–H and O–H groups in total. The Kier molecular flexibility index (Phi) is 8.96. The van der Waals surface area contributed by atoms with Crippen molar-refractivity contribution in [1.82, 2.24) is 19.1 Å². The molecule has 6 atom stereocenters. The Balaban J connectivity index is 1.40. The van der Waals surface area contributed by atoms with Gasteiger partial charge in [-0.15, -0.1) is 0 Å². The maximum Gasteiger partial charge on any atom is 0.403 e. The highest BCUT2D eigenvalue weighted by Crippen LogP contribution is 2.42. The average Bonchev–Trinajstić information content (AvgIpc) is 3.50. The molecule has 0 aromatic carbocycles. The van der Waals surface area contributed by atoms with Gasteiger partial charge in [-0.3, -0.25) is 37.7 Å². The second-order valence-electron chi connectivity index (χ2n) is 9.36. The van der Waals surface area contributed by atoms with Crippen LogP contribution in [0.15, 0.2) is 41.8 Å². The first-order valence-electron chi connectivity index (χ1n) is 12.1. The number of nitrogens with two attached hydrogens (primary N) is 1. The van der Waals surface area contributed by atoms with Crippen molar-refractivity contribution in [3.63, 3.8) is 0 Å². The Labute approximate surface area is 228 Å². The molecule has 0 aliphatic carbocycles. The molecule has 0 bridgehead atoms. The lowest BCUT2D eigenvalue weighted by Crippen LogP contribution is -2.33. The number of nitrogens with one attached hydrogen (secondary N) is 2. The zero-order valence-electron chi connectivity index (χ0n) is 21.7. The van der Waals surface area contributed by atoms with Crippen LogP contribution in [0.4, 0.5) is 0 Å². The second kappa shape index (κ2) is 12.3. The Morgan fingerprint density at radius 1 is 0.902 bits per heavy atom. The summed E-state index contributed by atoms with van der Waals surface area (Å²) in [6.45, 7) is 2.09. The van der Waals surface area contributed by atoms with Crippen LogP contribution in [0.25, 0.3) is 20.9 Å². The minimum absolute atomic E-state index is 0.0496. The molecule has 2 fully saturated rings. The predicted octanol–water partition coefficient (Wildman–Crippen LogP) is 0.736. The van der Waals surface area contributed by atoms with Crippen LogP contribution in [0.5, 0.6) is 0 Å². The Bertz CT molecular complexity index is 1570. The molecule has 2 aliphatic heterocycles. The summed E-state index contributed by atoms with van der Waals surface area (Å²) in [5.41, 5.74) is 21.5. The lowest BCUT2D eigenvalue weighted by atomic mass is 10.1. The fourth-order valence-corrected chi connectivity index (χ4v) is 5.22. The Morgan fingerprint density at radius 2 is 1.29 bits per heavy atom. The van der Waals surface area contributed by atoms with Crippen molar-refractivity contribution in [1.29, 1.82) is 0 Å². The molecule has 21 heteroatoms. The van der Waals surface area contributed by atoms with Crippen molar-refractivity contribution in [2.45, 2.75) is 63.4 Å². The number of aromatic amines is 2. The van der Waals surface area contributed by atoms with Gasteiger partial charge in [0, 0.05) is 46.2 Å². The van der Waals surface area contributed by atoms with Crippen LogP contribution in [0.2, 0.25) is 0 Å². The summed E-state index contributed by atoms with van der Waals surface area (Å²) in [7, 11) is -4.28. The number of aromatic nitrogens is 4. The molecule has 41 heavy (non-hydrogen) atoms. The van der Waals surface area contributed by atoms with Crippen LogP contribution < -0.4 is 28.0 Å². The molecule has 2 aromatic rings. The van der Waals surface area contributed by atoms with Gasteiger partial charge in [-0.25, -0.2) is 19.7 Å². The summed E-state index contributed by atoms with van der Waals surface area (Å²) >= 11 is 0. The van der Waals surface area contributed by atoms with Gasteiger partial charge in [-0.05, 0) is 24.9 Å². The maximum absolute atomic E-state index is 12.9. The highest BCUT2D eigenvalue weighted by atomic mass is 31.2. The van der Waals surface area contributed by atoms with Gasteiger partial charge in [0.1, 0.15) is 12.5 Å². The standard InChI is InChI=1S/C20H26N11O9P/c1-9-5-30(19(34)24-17(9)32)15-3-11(26-28-21)13(39-15)7-37-41(23,36)38-8-14-12(27-29-22)4-16(40-14)31-6-10(2)18(33)25-20(31)35/h5-6,11-16H,3-4,7-8H2,1-2H3,(H2,23,36)(H,24,32,34)(H,25,33,35)/t11-,12-,13+,14+,15+,16+/m0/s1. The van der Waals surface area contributed by atoms with E-state index < -0.39 is 80.2 Å². The van der Waals surface area contributed by atoms with Gasteiger partial charge in [0.2, 0.25) is 0 Å². The molecule has 2 aromatic heterocycles. The van der Waals surface area contributed by atoms with Gasteiger partial charge < -0.3 is 9.47 Å². The van der Waals surface area contributed by atoms with E-state index in [0.29, 0.717) is 0 Å². The number of nitrogens with zero attached hydrogens (tertiary/aromatic N) is 8. The zero-order valence-corrected chi connectivity index (χ0v) is 22.6. The third-order valence-electron chi connectivity index (χ3n) is 6.56. The Hall–Kier alpha value is -3.99. The van der Waals surface area contributed by atoms with E-state index in [1.807, 2.05) is 0 Å². The number of rotatable bonds is 10. The number of hydrogen-bond donors (Lipinski definition) is 3. The van der Waals surface area contributed by atoms with E-state index in [2.05, 4.69) is 30.0 Å². The average molecular weight is 595 g/mol. The van der Waals surface area contributed by atoms with Crippen molar-refractivity contribution < 1.29 is 23.1 Å². The van der Waals surface area contributed by atoms with E-state index in [0.717, 1.165) is 9.13 Å². The number of hydrogen-bond acceptors (Lipinski definition) is 11. The molecule has 0 unspecified atom stereocenters. The second-order valence-corrected chi connectivity index (χ2v) is 11.0. The molecule has 0 radical (unpaired) electrons. The SMILES string of the molecule is Cc1cn([C@H]2C[C@H](N=[N+]=[N-])[C@@H](COP(N)(=O)OC[C@H]3O[C@@H](n4cc(C)c(=O)[nH]c4=O)C[C@@H]3N=[N+]=[N-])O2)c(=O)[nH]c1=O. The summed E-state index contributed by atoms with van der Waals surface area (Å²) in [5, 5.41) is 7.29. The number of aryl methyl sites for hydroxylation is 2. The fourth-order valence-electron chi connectivity index (χ4n) is 4.44. The lowest BCUT2D eigenvalue weighted by molar-refractivity contribution is -0.0345. The molecular formula is C20H26N11O9P. The summed E-state index contributed by atoms with van der Waals surface area (Å²) in [6, 6.07) is -1.67. The minimum atomic E-state index is -4.28. The van der Waals surface area contributed by atoms with Gasteiger partial charge in [0.25, 0.3) is 11.1 Å². The van der Waals surface area contributed by atoms with Crippen LogP contribution in [0.3, 0.4) is 0 Å². The quantitative estimate of drug-likeness (QED) is 0.150. The van der Waals surface area contributed by atoms with Gasteiger partial charge in [0.05, 0.1) is 37.5 Å². The summed E-state index contributed by atoms with van der Waals surface area (Å²) in [6.07, 6.45) is -1.10. The van der Waals surface area contributed by atoms with Crippen LogP contribution >= 0.6 is 7.75 Å². The molecule has 2 saturated heterocycles. The molecular weight excluding hydrogens is 569 g/mol. The topological polar surface area (TPSA) is 287 Å². The van der Waals surface area contributed by atoms with Crippen molar-refractivity contribution in [3.05, 3.63) is 86.1 Å². The van der Waals surface area contributed by atoms with Gasteiger partial charge in [0.15, 0.2) is 0 Å². The fraction of sp³-hybridized carbons (Fsp3) is 0.600. The molecule has 0 amide bonds. The molecule has 0 saturated carbocycles. The van der Waals surface area contributed by atoms with E-state index in [4.69, 9.17) is 35.1 Å². The van der Waals surface area contributed by atoms with Gasteiger partial charge in [-0.2, -0.15) is 0 Å². The van der Waals surface area contributed by atoms with Crippen molar-refractivity contribution in [3.8, 4) is 0 Å². The first-order valence-corrected chi connectivity index (χ1v) is 13.7. The first kappa shape index (κ1) is 30.0. The molecule has 20 nitrogen and oxygen atoms in total. The summed E-state index contributed by atoms with van der Waals surface area (Å²) < 4.78 is 37.2. The van der Waals surface area contributed by atoms with Crippen LogP contribution in [-0.4, -0.2) is 56.6 Å². The lowest BCUT2D eigenvalue weighted by Gasteiger charge is -2.21. The van der Waals surface area contributed by atoms with E-state index >= 15 is 0 Å². The maximum atomic E-state index is 12.9. The van der Waals surface area contributed by atoms with Crippen LogP contribution in [0, 0.1) is 13.8 Å². The third-order valence-corrected chi connectivity index (χ3v) is 7.58. The van der Waals surface area contributed by atoms with Crippen molar-refractivity contribution >= 4 is 7.75 Å². The number of ether oxygens (including phenoxy) is 2. The summed E-state index contributed by atoms with van der Waals surface area (Å²) in [5.74, 6) is 0. The monoisotopic (exact) mass is 595 g/mol. The number of H-pyrrole nitrogens is 2. The molecule has 4 heterocycles. The van der Waals surface area contributed by atoms with Crippen LogP contribution in [0.1, 0.15) is 36.4 Å². The number of azide groups is 2. The summed E-state index contributed by atoms with van der Waals surface area (Å²) in [4.78, 5) is 57.7.